The van der Waals surface area contributed by atoms with Crippen molar-refractivity contribution in [2.45, 2.75) is 25.4 Å². The number of likely N-dealkylation sites (N-methyl/N-ethyl adjacent to an activating group) is 1. The number of ether oxygens (including phenoxy) is 1. The van der Waals surface area contributed by atoms with Crippen molar-refractivity contribution in [3.63, 3.8) is 0 Å². The van der Waals surface area contributed by atoms with Gasteiger partial charge in [0, 0.05) is 76.3 Å². The fourth-order valence-electron chi connectivity index (χ4n) is 6.29. The molecular weight excluding hydrogens is 735 g/mol. The Morgan fingerprint density at radius 1 is 1.02 bits per heavy atom. The van der Waals surface area contributed by atoms with Crippen LogP contribution in [0.5, 0.6) is 5.75 Å². The number of nitrogens with one attached hydrogen (secondary N) is 3. The summed E-state index contributed by atoms with van der Waals surface area (Å²) in [4.78, 5) is 53.1. The highest BCUT2D eigenvalue weighted by Crippen LogP contribution is 2.22. The first-order chi connectivity index (χ1) is 27.2. The number of nitrogens with zero attached hydrogens (tertiary/aromatic N) is 10. The Balaban J connectivity index is 1.07. The van der Waals surface area contributed by atoms with Gasteiger partial charge in [0.2, 0.25) is 17.8 Å². The second-order valence-corrected chi connectivity index (χ2v) is 13.9. The number of methoxy groups -OCH3 is 1. The Bertz CT molecular complexity index is 2340. The number of benzene rings is 3. The molecule has 3 aromatic heterocycles. The molecular formula is C38H39N13O4S. The van der Waals surface area contributed by atoms with E-state index in [2.05, 4.69) is 46.1 Å². The Kier molecular flexibility index (Phi) is 11.5. The zero-order valence-corrected chi connectivity index (χ0v) is 31.5. The molecule has 0 radical (unpaired) electrons. The summed E-state index contributed by atoms with van der Waals surface area (Å²) < 4.78 is 9.15. The van der Waals surface area contributed by atoms with Crippen molar-refractivity contribution in [2.75, 3.05) is 62.4 Å². The van der Waals surface area contributed by atoms with Gasteiger partial charge in [-0.1, -0.05) is 28.8 Å². The molecule has 0 unspecified atom stereocenters. The number of aliphatic carboxylic acids is 1. The van der Waals surface area contributed by atoms with E-state index in [0.29, 0.717) is 62.9 Å². The summed E-state index contributed by atoms with van der Waals surface area (Å²) in [7, 11) is 3.47. The monoisotopic (exact) mass is 773 g/mol. The second-order valence-electron chi connectivity index (χ2n) is 13.3. The molecule has 1 amide bonds. The molecule has 4 N–H and O–H groups in total. The third kappa shape index (κ3) is 9.32. The molecule has 1 aliphatic rings. The number of carboxylic acid groups (broad SMARTS) is 1. The number of nitriles is 1. The highest BCUT2D eigenvalue weighted by Gasteiger charge is 2.24. The molecule has 1 aliphatic heterocycles. The van der Waals surface area contributed by atoms with Gasteiger partial charge in [-0.3, -0.25) is 9.69 Å². The van der Waals surface area contributed by atoms with Crippen LogP contribution in [0.3, 0.4) is 0 Å². The number of imidazole rings is 1. The summed E-state index contributed by atoms with van der Waals surface area (Å²) in [6.45, 7) is 3.79. The summed E-state index contributed by atoms with van der Waals surface area (Å²) >= 11 is 1.16. The topological polar surface area (TPSA) is 214 Å². The lowest BCUT2D eigenvalue weighted by Gasteiger charge is -2.34. The van der Waals surface area contributed by atoms with Gasteiger partial charge in [-0.2, -0.15) is 20.2 Å². The molecule has 1 saturated heterocycles. The predicted molar refractivity (Wildman–Crippen MR) is 210 cm³/mol. The van der Waals surface area contributed by atoms with Crippen molar-refractivity contribution in [1.29, 1.82) is 5.26 Å². The molecule has 7 rings (SSSR count). The first-order valence-corrected chi connectivity index (χ1v) is 18.7. The number of carbonyl (C=O) groups is 2. The molecule has 17 nitrogen and oxygen atoms in total. The van der Waals surface area contributed by atoms with Gasteiger partial charge in [0.05, 0.1) is 29.8 Å². The summed E-state index contributed by atoms with van der Waals surface area (Å²) in [5.74, 6) is 0.959. The average molecular weight is 774 g/mol. The van der Waals surface area contributed by atoms with Gasteiger partial charge in [0.25, 0.3) is 5.91 Å². The molecule has 3 aromatic carbocycles. The lowest BCUT2D eigenvalue weighted by molar-refractivity contribution is -0.137. The van der Waals surface area contributed by atoms with Gasteiger partial charge < -0.3 is 35.3 Å². The number of piperazine rings is 1. The number of hydrogen-bond acceptors (Lipinski definition) is 15. The summed E-state index contributed by atoms with van der Waals surface area (Å²) in [5, 5.41) is 31.2. The van der Waals surface area contributed by atoms with Crippen LogP contribution >= 0.6 is 11.5 Å². The first kappa shape index (κ1) is 37.6. The normalized spacial score (nSPS) is 13.6. The van der Waals surface area contributed by atoms with E-state index in [4.69, 9.17) is 14.7 Å². The number of carbonyl (C=O) groups excluding carboxylic acids is 1. The van der Waals surface area contributed by atoms with Crippen LogP contribution in [0.15, 0.2) is 72.1 Å². The highest BCUT2D eigenvalue weighted by atomic mass is 32.1. The van der Waals surface area contributed by atoms with E-state index in [-0.39, 0.29) is 24.2 Å². The first-order valence-electron chi connectivity index (χ1n) is 17.9. The van der Waals surface area contributed by atoms with Crippen LogP contribution in [0.1, 0.15) is 33.0 Å². The smallest absolute Gasteiger partial charge is 0.326 e. The Hall–Kier alpha value is -6.71. The highest BCUT2D eigenvalue weighted by molar-refractivity contribution is 7.03. The van der Waals surface area contributed by atoms with E-state index in [1.807, 2.05) is 54.4 Å². The molecule has 4 heterocycles. The van der Waals surface area contributed by atoms with E-state index >= 15 is 0 Å². The number of anilines is 4. The zero-order chi connectivity index (χ0) is 39.0. The average Bonchev–Trinajstić information content (AvgIpc) is 3.90. The van der Waals surface area contributed by atoms with Gasteiger partial charge in [-0.05, 0) is 59.1 Å². The van der Waals surface area contributed by atoms with E-state index in [0.717, 1.165) is 51.0 Å². The van der Waals surface area contributed by atoms with Gasteiger partial charge in [0.1, 0.15) is 17.6 Å². The largest absolute Gasteiger partial charge is 0.497 e. The second kappa shape index (κ2) is 17.2. The molecule has 56 heavy (non-hydrogen) atoms. The van der Waals surface area contributed by atoms with Crippen molar-refractivity contribution in [3.8, 4) is 11.8 Å². The van der Waals surface area contributed by atoms with E-state index in [9.17, 15) is 20.0 Å². The van der Waals surface area contributed by atoms with Crippen LogP contribution in [0.25, 0.3) is 11.0 Å². The maximum Gasteiger partial charge on any atom is 0.326 e. The van der Waals surface area contributed by atoms with Crippen molar-refractivity contribution < 1.29 is 19.4 Å². The van der Waals surface area contributed by atoms with Crippen LogP contribution in [0.2, 0.25) is 0 Å². The van der Waals surface area contributed by atoms with Crippen molar-refractivity contribution in [3.05, 3.63) is 100 Å². The zero-order valence-electron chi connectivity index (χ0n) is 30.7. The minimum absolute atomic E-state index is 0.0817. The maximum atomic E-state index is 12.7. The van der Waals surface area contributed by atoms with E-state index in [1.165, 1.54) is 0 Å². The quantitative estimate of drug-likeness (QED) is 0.116. The molecule has 6 aromatic rings. The van der Waals surface area contributed by atoms with Gasteiger partial charge in [-0.15, -0.1) is 5.10 Å². The van der Waals surface area contributed by atoms with Crippen molar-refractivity contribution in [1.82, 2.24) is 44.3 Å². The van der Waals surface area contributed by atoms with E-state index < -0.39 is 12.0 Å². The fraction of sp³-hybridized carbons (Fsp3) is 0.289. The van der Waals surface area contributed by atoms with Crippen LogP contribution in [0.4, 0.5) is 23.5 Å². The van der Waals surface area contributed by atoms with Crippen molar-refractivity contribution >= 4 is 58.0 Å². The number of fused-ring (bicyclic) bond motifs is 1. The minimum atomic E-state index is -1.08. The van der Waals surface area contributed by atoms with Crippen LogP contribution in [-0.4, -0.2) is 114 Å². The third-order valence-corrected chi connectivity index (χ3v) is 9.84. The number of amides is 1. The molecule has 1 atom stereocenters. The maximum absolute atomic E-state index is 12.7. The molecule has 0 aliphatic carbocycles. The van der Waals surface area contributed by atoms with Crippen LogP contribution in [0, 0.1) is 11.3 Å². The molecule has 0 saturated carbocycles. The SMILES string of the molecule is COc1ccc2nc(CCN(C)c3nc(Nc4cccc(CN5CCN(C(=O)c6csnn6)CC5)c4)nc(N[C@@H](Cc4ccc(C#N)cc4)C(=O)O)n3)[nH]c2c1. The van der Waals surface area contributed by atoms with Crippen molar-refractivity contribution in [2.24, 2.45) is 0 Å². The number of hydrogen-bond donors (Lipinski definition) is 4. The summed E-state index contributed by atoms with van der Waals surface area (Å²) in [5.41, 5.74) is 5.09. The fourth-order valence-corrected chi connectivity index (χ4v) is 6.72. The van der Waals surface area contributed by atoms with Crippen LogP contribution < -0.4 is 20.3 Å². The third-order valence-electron chi connectivity index (χ3n) is 9.34. The van der Waals surface area contributed by atoms with Gasteiger partial charge in [-0.25, -0.2) is 9.78 Å². The van der Waals surface area contributed by atoms with E-state index in [1.54, 1.807) is 41.7 Å². The lowest BCUT2D eigenvalue weighted by atomic mass is 10.0. The number of carboxylic acids is 1. The van der Waals surface area contributed by atoms with Gasteiger partial charge >= 0.3 is 5.97 Å². The molecule has 1 fully saturated rings. The summed E-state index contributed by atoms with van der Waals surface area (Å²) in [6, 6.07) is 21.4. The Morgan fingerprint density at radius 3 is 2.55 bits per heavy atom. The number of aromatic nitrogens is 7. The Labute approximate surface area is 326 Å². The molecule has 0 spiro atoms. The number of H-pyrrole nitrogens is 1. The molecule has 0 bridgehead atoms. The number of aromatic amines is 1. The number of rotatable bonds is 15. The molecule has 286 valence electrons. The summed E-state index contributed by atoms with van der Waals surface area (Å²) in [6.07, 6.45) is 0.678. The lowest BCUT2D eigenvalue weighted by Crippen LogP contribution is -2.48. The van der Waals surface area contributed by atoms with Gasteiger partial charge in [0.15, 0.2) is 5.69 Å². The molecule has 18 heteroatoms. The standard InChI is InChI=1S/C38H39N13O4S/c1-49(13-12-33-41-29-11-10-28(55-2)20-30(29)42-33)38-45-36(44-37(46-38)43-31(35(53)54)19-24-6-8-25(21-39)9-7-24)40-27-5-3-4-26(18-27)22-50-14-16-51(17-15-50)34(52)32-23-56-48-47-32/h3-11,18,20,23,31H,12-17,19,22H2,1-2H3,(H,41,42)(H,53,54)(H2,40,43,44,45,46)/t31-/m0/s1. The predicted octanol–water partition coefficient (Wildman–Crippen LogP) is 3.97. The minimum Gasteiger partial charge on any atom is -0.497 e. The Morgan fingerprint density at radius 2 is 1.82 bits per heavy atom. The van der Waals surface area contributed by atoms with Crippen LogP contribution in [-0.2, 0) is 24.2 Å².